The van der Waals surface area contributed by atoms with E-state index in [9.17, 15) is 24.6 Å². The van der Waals surface area contributed by atoms with E-state index < -0.39 is 36.1 Å². The molecule has 0 heterocycles. The number of aromatic hydroxyl groups is 1. The second-order valence-corrected chi connectivity index (χ2v) is 6.76. The number of hydrogen-bond acceptors (Lipinski definition) is 6. The Morgan fingerprint density at radius 1 is 1.00 bits per heavy atom. The van der Waals surface area contributed by atoms with Crippen LogP contribution >= 0.6 is 0 Å². The highest BCUT2D eigenvalue weighted by molar-refractivity contribution is 5.91. The number of hydrogen-bond donors (Lipinski definition) is 5. The molecule has 0 saturated carbocycles. The predicted octanol–water partition coefficient (Wildman–Crippen LogP) is 0.581. The van der Waals surface area contributed by atoms with Crippen LogP contribution < -0.4 is 16.4 Å². The number of nitrogens with two attached hydrogens (primary N) is 1. The van der Waals surface area contributed by atoms with Crippen molar-refractivity contribution >= 4 is 17.9 Å². The molecule has 3 unspecified atom stereocenters. The van der Waals surface area contributed by atoms with Gasteiger partial charge >= 0.3 is 6.09 Å². The van der Waals surface area contributed by atoms with Gasteiger partial charge in [0.05, 0.1) is 6.10 Å². The minimum absolute atomic E-state index is 0.00835. The Hall–Kier alpha value is -3.59. The Balaban J connectivity index is 1.97. The van der Waals surface area contributed by atoms with Crippen LogP contribution in [-0.4, -0.2) is 46.3 Å². The first kappa shape index (κ1) is 22.7. The maximum absolute atomic E-state index is 12.6. The summed E-state index contributed by atoms with van der Waals surface area (Å²) in [5.74, 6) is -1.51. The van der Waals surface area contributed by atoms with Gasteiger partial charge in [-0.1, -0.05) is 42.5 Å². The molecule has 3 amide bonds. The summed E-state index contributed by atoms with van der Waals surface area (Å²) in [5.41, 5.74) is 6.79. The average Bonchev–Trinajstić information content (AvgIpc) is 2.71. The van der Waals surface area contributed by atoms with Gasteiger partial charge in [-0.15, -0.1) is 0 Å². The third-order valence-electron chi connectivity index (χ3n) is 4.29. The molecule has 160 valence electrons. The highest BCUT2D eigenvalue weighted by Gasteiger charge is 2.29. The number of alkyl carbamates (subject to hydrolysis) is 1. The number of nitrogens with one attached hydrogen (secondary N) is 2. The number of aliphatic hydroxyl groups is 1. The maximum Gasteiger partial charge on any atom is 0.408 e. The maximum atomic E-state index is 12.6. The van der Waals surface area contributed by atoms with Gasteiger partial charge < -0.3 is 31.3 Å². The quantitative estimate of drug-likeness (QED) is 0.404. The topological polar surface area (TPSA) is 151 Å². The highest BCUT2D eigenvalue weighted by Crippen LogP contribution is 2.11. The third-order valence-corrected chi connectivity index (χ3v) is 4.29. The number of aliphatic hydroxyl groups excluding tert-OH is 1. The molecule has 2 aromatic carbocycles. The van der Waals surface area contributed by atoms with E-state index in [-0.39, 0.29) is 18.8 Å². The van der Waals surface area contributed by atoms with E-state index in [0.717, 1.165) is 5.56 Å². The molecule has 0 fully saturated rings. The van der Waals surface area contributed by atoms with Gasteiger partial charge in [0.25, 0.3) is 0 Å². The summed E-state index contributed by atoms with van der Waals surface area (Å²) in [6.07, 6.45) is -2.07. The third kappa shape index (κ3) is 7.10. The number of benzene rings is 2. The van der Waals surface area contributed by atoms with Crippen molar-refractivity contribution in [2.24, 2.45) is 5.73 Å². The zero-order valence-electron chi connectivity index (χ0n) is 16.4. The second-order valence-electron chi connectivity index (χ2n) is 6.76. The van der Waals surface area contributed by atoms with E-state index in [2.05, 4.69) is 10.6 Å². The van der Waals surface area contributed by atoms with E-state index in [4.69, 9.17) is 10.5 Å². The smallest absolute Gasteiger partial charge is 0.408 e. The Bertz CT molecular complexity index is 855. The monoisotopic (exact) mass is 415 g/mol. The van der Waals surface area contributed by atoms with Crippen molar-refractivity contribution in [1.82, 2.24) is 10.6 Å². The molecule has 9 heteroatoms. The number of carbonyl (C=O) groups excluding carboxylic acids is 3. The van der Waals surface area contributed by atoms with Crippen molar-refractivity contribution < 1.29 is 29.3 Å². The molecule has 0 aromatic heterocycles. The summed E-state index contributed by atoms with van der Waals surface area (Å²) in [4.78, 5) is 36.4. The minimum atomic E-state index is -1.35. The highest BCUT2D eigenvalue weighted by atomic mass is 16.5. The molecule has 0 aliphatic carbocycles. The zero-order valence-corrected chi connectivity index (χ0v) is 16.4. The number of rotatable bonds is 9. The number of carbonyl (C=O) groups is 3. The molecule has 0 aliphatic rings. The first-order valence-corrected chi connectivity index (χ1v) is 9.29. The van der Waals surface area contributed by atoms with Crippen LogP contribution in [0.25, 0.3) is 0 Å². The van der Waals surface area contributed by atoms with Crippen LogP contribution in [0.15, 0.2) is 54.6 Å². The second kappa shape index (κ2) is 10.8. The van der Waals surface area contributed by atoms with E-state index >= 15 is 0 Å². The largest absolute Gasteiger partial charge is 0.508 e. The van der Waals surface area contributed by atoms with Gasteiger partial charge in [0.15, 0.2) is 0 Å². The molecule has 0 aliphatic heterocycles. The Morgan fingerprint density at radius 2 is 1.63 bits per heavy atom. The molecular formula is C21H25N3O6. The molecule has 30 heavy (non-hydrogen) atoms. The summed E-state index contributed by atoms with van der Waals surface area (Å²) in [7, 11) is 0. The summed E-state index contributed by atoms with van der Waals surface area (Å²) in [6, 6.07) is 12.6. The van der Waals surface area contributed by atoms with Crippen LogP contribution in [0.4, 0.5) is 4.79 Å². The lowest BCUT2D eigenvalue weighted by atomic mass is 10.0. The fourth-order valence-electron chi connectivity index (χ4n) is 2.65. The standard InChI is InChI=1S/C21H25N3O6/c1-13(25)18(24-21(29)30-12-15-5-3-2-4-6-15)20(28)23-17(19(22)27)11-14-7-9-16(26)10-8-14/h2-10,13,17-18,25-26H,11-12H2,1H3,(H2,22,27)(H,23,28)(H,24,29). The van der Waals surface area contributed by atoms with E-state index in [1.54, 1.807) is 36.4 Å². The summed E-state index contributed by atoms with van der Waals surface area (Å²) in [6.45, 7) is 1.31. The lowest BCUT2D eigenvalue weighted by molar-refractivity contribution is -0.130. The molecule has 0 spiro atoms. The number of phenolic OH excluding ortho intramolecular Hbond substituents is 1. The van der Waals surface area contributed by atoms with Gasteiger partial charge in [-0.2, -0.15) is 0 Å². The van der Waals surface area contributed by atoms with Crippen molar-refractivity contribution in [3.63, 3.8) is 0 Å². The normalized spacial score (nSPS) is 13.5. The number of phenols is 1. The number of amides is 3. The summed E-state index contributed by atoms with van der Waals surface area (Å²) < 4.78 is 5.06. The molecule has 6 N–H and O–H groups in total. The van der Waals surface area contributed by atoms with Gasteiger partial charge in [0, 0.05) is 6.42 Å². The molecule has 9 nitrogen and oxygen atoms in total. The predicted molar refractivity (Wildman–Crippen MR) is 108 cm³/mol. The van der Waals surface area contributed by atoms with Crippen molar-refractivity contribution in [2.75, 3.05) is 0 Å². The van der Waals surface area contributed by atoms with Gasteiger partial charge in [0.1, 0.15) is 24.4 Å². The molecule has 0 saturated heterocycles. The minimum Gasteiger partial charge on any atom is -0.508 e. The fourth-order valence-corrected chi connectivity index (χ4v) is 2.65. The van der Waals surface area contributed by atoms with Crippen molar-refractivity contribution in [1.29, 1.82) is 0 Å². The average molecular weight is 415 g/mol. The summed E-state index contributed by atoms with van der Waals surface area (Å²) in [5, 5.41) is 24.0. The van der Waals surface area contributed by atoms with Crippen molar-refractivity contribution in [3.05, 3.63) is 65.7 Å². The van der Waals surface area contributed by atoms with Crippen LogP contribution in [0, 0.1) is 0 Å². The molecule has 0 bridgehead atoms. The van der Waals surface area contributed by atoms with Crippen LogP contribution in [0.5, 0.6) is 5.75 Å². The van der Waals surface area contributed by atoms with Gasteiger partial charge in [0.2, 0.25) is 11.8 Å². The van der Waals surface area contributed by atoms with Crippen LogP contribution in [0.1, 0.15) is 18.1 Å². The van der Waals surface area contributed by atoms with E-state index in [0.29, 0.717) is 5.56 Å². The van der Waals surface area contributed by atoms with Crippen LogP contribution in [-0.2, 0) is 27.4 Å². The van der Waals surface area contributed by atoms with Crippen molar-refractivity contribution in [3.8, 4) is 5.75 Å². The Labute approximate surface area is 173 Å². The lowest BCUT2D eigenvalue weighted by Gasteiger charge is -2.23. The molecule has 2 rings (SSSR count). The first-order valence-electron chi connectivity index (χ1n) is 9.29. The Morgan fingerprint density at radius 3 is 2.20 bits per heavy atom. The van der Waals surface area contributed by atoms with Crippen molar-refractivity contribution in [2.45, 2.75) is 38.1 Å². The molecular weight excluding hydrogens is 390 g/mol. The van der Waals surface area contributed by atoms with E-state index in [1.165, 1.54) is 19.1 Å². The van der Waals surface area contributed by atoms with Gasteiger partial charge in [-0.25, -0.2) is 4.79 Å². The fraction of sp³-hybridized carbons (Fsp3) is 0.286. The first-order chi connectivity index (χ1) is 14.3. The van der Waals surface area contributed by atoms with E-state index in [1.807, 2.05) is 6.07 Å². The summed E-state index contributed by atoms with van der Waals surface area (Å²) >= 11 is 0. The van der Waals surface area contributed by atoms with Gasteiger partial charge in [-0.3, -0.25) is 9.59 Å². The Kier molecular flexibility index (Phi) is 8.18. The molecule has 3 atom stereocenters. The molecule has 2 aromatic rings. The van der Waals surface area contributed by atoms with Crippen LogP contribution in [0.2, 0.25) is 0 Å². The SMILES string of the molecule is CC(O)C(NC(=O)OCc1ccccc1)C(=O)NC(Cc1ccc(O)cc1)C(N)=O. The van der Waals surface area contributed by atoms with Gasteiger partial charge in [-0.05, 0) is 30.2 Å². The zero-order chi connectivity index (χ0) is 22.1. The number of primary amides is 1. The number of ether oxygens (including phenoxy) is 1. The molecule has 0 radical (unpaired) electrons. The van der Waals surface area contributed by atoms with Crippen LogP contribution in [0.3, 0.4) is 0 Å². The lowest BCUT2D eigenvalue weighted by Crippen LogP contribution is -2.57.